The Labute approximate surface area is 268 Å². The Balaban J connectivity index is 1.57. The fraction of sp³-hybridized carbons (Fsp3) is 0.400. The Hall–Kier alpha value is -4.99. The zero-order valence-electron chi connectivity index (χ0n) is 25.2. The summed E-state index contributed by atoms with van der Waals surface area (Å²) >= 11 is 1.16. The predicted molar refractivity (Wildman–Crippen MR) is 165 cm³/mol. The van der Waals surface area contributed by atoms with E-state index in [1.807, 2.05) is 6.92 Å². The van der Waals surface area contributed by atoms with Gasteiger partial charge >= 0.3 is 0 Å². The van der Waals surface area contributed by atoms with E-state index in [1.165, 1.54) is 11.0 Å². The summed E-state index contributed by atoms with van der Waals surface area (Å²) in [6.07, 6.45) is 3.78. The molecule has 1 atom stereocenters. The van der Waals surface area contributed by atoms with Crippen LogP contribution in [0.4, 0.5) is 4.39 Å². The number of ether oxygens (including phenoxy) is 1. The monoisotopic (exact) mass is 654 g/mol. The molecular weight excluding hydrogens is 619 g/mol. The highest BCUT2D eigenvalue weighted by atomic mass is 32.1. The van der Waals surface area contributed by atoms with Crippen LogP contribution in [0, 0.1) is 5.82 Å². The highest BCUT2D eigenvalue weighted by molar-refractivity contribution is 7.17. The molecule has 0 saturated heterocycles. The maximum atomic E-state index is 14.1. The molecule has 0 bridgehead atoms. The number of halogens is 1. The van der Waals surface area contributed by atoms with Crippen molar-refractivity contribution in [2.24, 2.45) is 5.73 Å². The molecule has 0 saturated carbocycles. The van der Waals surface area contributed by atoms with Crippen molar-refractivity contribution in [1.29, 1.82) is 0 Å². The maximum Gasteiger partial charge on any atom is 0.265 e. The van der Waals surface area contributed by atoms with Gasteiger partial charge in [-0.3, -0.25) is 24.0 Å². The summed E-state index contributed by atoms with van der Waals surface area (Å²) in [6.45, 7) is 2.23. The summed E-state index contributed by atoms with van der Waals surface area (Å²) in [6, 6.07) is 3.84. The molecule has 4 rings (SSSR count). The molecule has 3 heterocycles. The van der Waals surface area contributed by atoms with Crippen LogP contribution in [-0.2, 0) is 20.8 Å². The average Bonchev–Trinajstić information content (AvgIpc) is 3.49. The molecule has 0 spiro atoms. The largest absolute Gasteiger partial charge is 0.491 e. The van der Waals surface area contributed by atoms with Crippen LogP contribution in [0.1, 0.15) is 58.3 Å². The van der Waals surface area contributed by atoms with E-state index in [1.54, 1.807) is 18.5 Å². The molecule has 244 valence electrons. The third kappa shape index (κ3) is 9.26. The standard InChI is InChI=1S/C30H35FN8O6S/c1-2-20-25(46-29(38-20)26-34-10-4-11-35-26)30(44)39-14-3-5-24(41)33-13-16-45-22-8-6-18(31)17-19(22)27(42)37-21(7-9-23(32)40)28(43)36-12-15-39/h4,6,8,10-11,17,21H,2-3,5,7,9,12-16H2,1H3,(H2,32,40)(H,33,41)(H,36,43)(H,37,42)/t21-/m0/s1. The first kappa shape index (κ1) is 33.9. The minimum Gasteiger partial charge on any atom is -0.491 e. The normalized spacial score (nSPS) is 17.0. The van der Waals surface area contributed by atoms with E-state index in [9.17, 15) is 28.4 Å². The van der Waals surface area contributed by atoms with Gasteiger partial charge in [-0.05, 0) is 43.5 Å². The molecule has 5 N–H and O–H groups in total. The molecule has 2 aromatic heterocycles. The highest BCUT2D eigenvalue weighted by Gasteiger charge is 2.27. The first-order chi connectivity index (χ1) is 22.2. The quantitative estimate of drug-likeness (QED) is 0.302. The summed E-state index contributed by atoms with van der Waals surface area (Å²) in [5.74, 6) is -2.97. The van der Waals surface area contributed by atoms with Gasteiger partial charge in [0.2, 0.25) is 17.7 Å². The lowest BCUT2D eigenvalue weighted by molar-refractivity contribution is -0.123. The van der Waals surface area contributed by atoms with E-state index >= 15 is 0 Å². The van der Waals surface area contributed by atoms with Crippen LogP contribution in [0.5, 0.6) is 5.75 Å². The van der Waals surface area contributed by atoms with Crippen LogP contribution in [0.15, 0.2) is 36.7 Å². The number of hydrogen-bond donors (Lipinski definition) is 4. The molecule has 1 aromatic carbocycles. The van der Waals surface area contributed by atoms with Crippen molar-refractivity contribution in [2.75, 3.05) is 32.8 Å². The van der Waals surface area contributed by atoms with Crippen LogP contribution in [0.3, 0.4) is 0 Å². The minimum atomic E-state index is -1.19. The summed E-state index contributed by atoms with van der Waals surface area (Å²) in [5, 5.41) is 8.46. The van der Waals surface area contributed by atoms with Gasteiger partial charge in [0.15, 0.2) is 10.8 Å². The zero-order valence-corrected chi connectivity index (χ0v) is 26.0. The van der Waals surface area contributed by atoms with Gasteiger partial charge in [-0.2, -0.15) is 0 Å². The van der Waals surface area contributed by atoms with E-state index in [-0.39, 0.29) is 75.2 Å². The first-order valence-corrected chi connectivity index (χ1v) is 15.6. The molecule has 3 aromatic rings. The van der Waals surface area contributed by atoms with Crippen LogP contribution in [0.2, 0.25) is 0 Å². The molecular formula is C30H35FN8O6S. The number of carbonyl (C=O) groups is 5. The van der Waals surface area contributed by atoms with Gasteiger partial charge in [-0.15, -0.1) is 11.3 Å². The van der Waals surface area contributed by atoms with Gasteiger partial charge in [0, 0.05) is 44.9 Å². The molecule has 0 unspecified atom stereocenters. The van der Waals surface area contributed by atoms with Crippen molar-refractivity contribution in [3.05, 3.63) is 58.6 Å². The van der Waals surface area contributed by atoms with E-state index in [0.717, 1.165) is 23.5 Å². The Morgan fingerprint density at radius 2 is 1.91 bits per heavy atom. The fourth-order valence-electron chi connectivity index (χ4n) is 4.63. The van der Waals surface area contributed by atoms with E-state index in [0.29, 0.717) is 34.2 Å². The van der Waals surface area contributed by atoms with Crippen molar-refractivity contribution in [3.63, 3.8) is 0 Å². The number of rotatable bonds is 6. The third-order valence-electron chi connectivity index (χ3n) is 6.95. The maximum absolute atomic E-state index is 14.1. The molecule has 5 amide bonds. The van der Waals surface area contributed by atoms with Crippen LogP contribution >= 0.6 is 11.3 Å². The SMILES string of the molecule is CCc1nc(-c2ncccn2)sc1C(=O)N1CCCC(=O)NCCOc2ccc(F)cc2C(=O)N[C@@H](CCC(N)=O)C(=O)NCC1. The lowest BCUT2D eigenvalue weighted by Gasteiger charge is -2.24. The van der Waals surface area contributed by atoms with Crippen molar-refractivity contribution in [3.8, 4) is 16.6 Å². The average molecular weight is 655 g/mol. The highest BCUT2D eigenvalue weighted by Crippen LogP contribution is 2.27. The molecule has 16 heteroatoms. The van der Waals surface area contributed by atoms with Gasteiger partial charge in [-0.1, -0.05) is 6.92 Å². The predicted octanol–water partition coefficient (Wildman–Crippen LogP) is 1.21. The van der Waals surface area contributed by atoms with Crippen molar-refractivity contribution in [1.82, 2.24) is 35.8 Å². The number of fused-ring (bicyclic) bond motifs is 1. The second-order valence-corrected chi connectivity index (χ2v) is 11.3. The minimum absolute atomic E-state index is 0.0110. The third-order valence-corrected chi connectivity index (χ3v) is 8.03. The molecule has 0 radical (unpaired) electrons. The number of benzene rings is 1. The van der Waals surface area contributed by atoms with Crippen LogP contribution in [-0.4, -0.2) is 88.2 Å². The summed E-state index contributed by atoms with van der Waals surface area (Å²) < 4.78 is 19.7. The zero-order chi connectivity index (χ0) is 33.1. The number of nitrogens with two attached hydrogens (primary N) is 1. The molecule has 1 aliphatic rings. The van der Waals surface area contributed by atoms with E-state index < -0.39 is 29.6 Å². The number of nitrogens with one attached hydrogen (secondary N) is 3. The van der Waals surface area contributed by atoms with Gasteiger partial charge < -0.3 is 31.3 Å². The molecule has 14 nitrogen and oxygen atoms in total. The number of thiazole rings is 1. The Morgan fingerprint density at radius 3 is 2.65 bits per heavy atom. The fourth-order valence-corrected chi connectivity index (χ4v) is 5.70. The molecule has 1 aliphatic heterocycles. The first-order valence-electron chi connectivity index (χ1n) is 14.8. The Kier molecular flexibility index (Phi) is 12.1. The lowest BCUT2D eigenvalue weighted by Crippen LogP contribution is -2.49. The van der Waals surface area contributed by atoms with Crippen molar-refractivity contribution in [2.45, 2.75) is 45.1 Å². The number of hydrogen-bond acceptors (Lipinski definition) is 10. The smallest absolute Gasteiger partial charge is 0.265 e. The van der Waals surface area contributed by atoms with Crippen molar-refractivity contribution < 1.29 is 33.1 Å². The number of aromatic nitrogens is 3. The van der Waals surface area contributed by atoms with Gasteiger partial charge in [0.25, 0.3) is 11.8 Å². The van der Waals surface area contributed by atoms with Gasteiger partial charge in [-0.25, -0.2) is 19.3 Å². The van der Waals surface area contributed by atoms with E-state index in [2.05, 4.69) is 30.9 Å². The number of aryl methyl sites for hydroxylation is 1. The summed E-state index contributed by atoms with van der Waals surface area (Å²) in [7, 11) is 0. The molecule has 0 fully saturated rings. The second kappa shape index (κ2) is 16.4. The number of amides is 5. The summed E-state index contributed by atoms with van der Waals surface area (Å²) in [5.41, 5.74) is 5.70. The van der Waals surface area contributed by atoms with E-state index in [4.69, 9.17) is 10.5 Å². The lowest BCUT2D eigenvalue weighted by atomic mass is 10.1. The Bertz CT molecular complexity index is 1570. The van der Waals surface area contributed by atoms with Crippen LogP contribution in [0.25, 0.3) is 10.8 Å². The second-order valence-electron chi connectivity index (χ2n) is 10.3. The number of nitrogens with zero attached hydrogens (tertiary/aromatic N) is 4. The van der Waals surface area contributed by atoms with Gasteiger partial charge in [0.05, 0.1) is 17.8 Å². The molecule has 46 heavy (non-hydrogen) atoms. The summed E-state index contributed by atoms with van der Waals surface area (Å²) in [4.78, 5) is 79.2. The number of carbonyl (C=O) groups excluding carboxylic acids is 5. The van der Waals surface area contributed by atoms with Gasteiger partial charge in [0.1, 0.15) is 29.1 Å². The Morgan fingerprint density at radius 1 is 1.13 bits per heavy atom. The van der Waals surface area contributed by atoms with Crippen molar-refractivity contribution >= 4 is 40.9 Å². The topological polar surface area (TPSA) is 199 Å². The molecule has 0 aliphatic carbocycles. The number of primary amides is 1. The van der Waals surface area contributed by atoms with Crippen LogP contribution < -0.4 is 26.4 Å².